The molecule has 10 rings (SSSR count). The molecule has 20 nitrogen and oxygen atoms in total. The van der Waals surface area contributed by atoms with Crippen LogP contribution in [-0.4, -0.2) is 128 Å². The summed E-state index contributed by atoms with van der Waals surface area (Å²) in [5, 5.41) is 3.41. The summed E-state index contributed by atoms with van der Waals surface area (Å²) in [6.45, 7) is 11.7. The summed E-state index contributed by atoms with van der Waals surface area (Å²) in [5.74, 6) is -2.80. The molecule has 496 valence electrons. The molecule has 4 heterocycles. The number of para-hydroxylation sites is 4. The molecule has 2 atom stereocenters. The molecule has 2 aliphatic heterocycles. The largest absolute Gasteiger partial charge is 0.495 e. The highest BCUT2D eigenvalue weighted by Crippen LogP contribution is 2.38. The van der Waals surface area contributed by atoms with Crippen LogP contribution in [0.2, 0.25) is 0 Å². The third-order valence-electron chi connectivity index (χ3n) is 15.1. The van der Waals surface area contributed by atoms with Crippen LogP contribution in [0.4, 0.5) is 69.5 Å². The minimum atomic E-state index is -4.79. The number of rotatable bonds is 15. The first-order valence-electron chi connectivity index (χ1n) is 28.8. The Morgan fingerprint density at radius 1 is 0.548 bits per heavy atom. The van der Waals surface area contributed by atoms with Crippen LogP contribution in [0, 0.1) is 25.5 Å². The van der Waals surface area contributed by atoms with Gasteiger partial charge in [-0.25, -0.2) is 45.6 Å². The molecule has 0 bridgehead atoms. The first-order valence-corrected chi connectivity index (χ1v) is 32.6. The number of fused-ring (bicyclic) bond motifs is 2. The number of carbonyl (C=O) groups is 2. The van der Waals surface area contributed by atoms with Gasteiger partial charge in [0.15, 0.2) is 5.78 Å². The van der Waals surface area contributed by atoms with Crippen molar-refractivity contribution < 1.29 is 71.0 Å². The Morgan fingerprint density at radius 3 is 1.31 bits per heavy atom. The third kappa shape index (κ3) is 17.3. The maximum atomic E-state index is 15.0. The summed E-state index contributed by atoms with van der Waals surface area (Å²) in [5.41, 5.74) is 9.98. The predicted octanol–water partition coefficient (Wildman–Crippen LogP) is 11.0. The minimum Gasteiger partial charge on any atom is -0.495 e. The topological polar surface area (TPSA) is 248 Å². The number of sulfonamides is 2. The molecule has 2 saturated heterocycles. The van der Waals surface area contributed by atoms with E-state index in [1.807, 2.05) is 53.4 Å². The number of nitrogens with one attached hydrogen (secondary N) is 3. The third-order valence-corrected chi connectivity index (χ3v) is 16.3. The normalized spacial score (nSPS) is 14.5. The highest BCUT2D eigenvalue weighted by molar-refractivity contribution is 7.92. The van der Waals surface area contributed by atoms with Gasteiger partial charge >= 0.3 is 12.4 Å². The first kappa shape index (κ1) is 69.7. The lowest BCUT2D eigenvalue weighted by Gasteiger charge is -2.37. The van der Waals surface area contributed by atoms with Gasteiger partial charge in [0.2, 0.25) is 31.7 Å². The zero-order valence-corrected chi connectivity index (χ0v) is 53.6. The molecule has 2 aliphatic rings. The minimum absolute atomic E-state index is 0.0183. The van der Waals surface area contributed by atoms with Crippen molar-refractivity contribution in [2.24, 2.45) is 5.73 Å². The highest BCUT2D eigenvalue weighted by Gasteiger charge is 2.38. The second-order valence-corrected chi connectivity index (χ2v) is 25.7. The highest BCUT2D eigenvalue weighted by atomic mass is 32.2. The lowest BCUT2D eigenvalue weighted by Crippen LogP contribution is -2.47. The lowest BCUT2D eigenvalue weighted by atomic mass is 10.0. The SMILES string of the molecule is COc1ccccc1N1CCN(c2nc(C(F)(F)F)nc3ccc(C(=O)N[C@H](C)c4cc(C)c(NS(C)(=O)=O)cc4F)cc23)CC1.COc1ccccc1N1CCN(c2nc(C(F)(F)F)nc3ccc(C(C)=O)cc23)CC1.Cc1cc([C@@H](C)N)c(F)cc1NS(C)(=O)=O. The molecular weight excluding hydrogens is 1270 g/mol. The number of hydrogen-bond acceptors (Lipinski definition) is 17. The van der Waals surface area contributed by atoms with Crippen LogP contribution in [0.1, 0.15) is 87.5 Å². The van der Waals surface area contributed by atoms with Gasteiger partial charge in [0.1, 0.15) is 34.8 Å². The van der Waals surface area contributed by atoms with E-state index >= 15 is 0 Å². The monoisotopic (exact) mass is 1340 g/mol. The fourth-order valence-electron chi connectivity index (χ4n) is 10.5. The van der Waals surface area contributed by atoms with Crippen LogP contribution in [0.15, 0.2) is 109 Å². The van der Waals surface area contributed by atoms with Gasteiger partial charge in [-0.2, -0.15) is 26.3 Å². The van der Waals surface area contributed by atoms with E-state index in [4.69, 9.17) is 15.2 Å². The summed E-state index contributed by atoms with van der Waals surface area (Å²) in [4.78, 5) is 48.1. The average molecular weight is 1340 g/mol. The number of piperazine rings is 2. The number of nitrogens with zero attached hydrogens (tertiary/aromatic N) is 8. The molecule has 8 aromatic rings. The van der Waals surface area contributed by atoms with Gasteiger partial charge in [0.05, 0.1) is 66.6 Å². The van der Waals surface area contributed by atoms with Crippen molar-refractivity contribution in [3.05, 3.63) is 166 Å². The zero-order valence-electron chi connectivity index (χ0n) is 52.0. The van der Waals surface area contributed by atoms with Gasteiger partial charge in [-0.1, -0.05) is 24.3 Å². The molecule has 0 aliphatic carbocycles. The Morgan fingerprint density at radius 2 is 0.925 bits per heavy atom. The molecule has 93 heavy (non-hydrogen) atoms. The number of amides is 1. The van der Waals surface area contributed by atoms with E-state index in [-0.39, 0.29) is 56.3 Å². The first-order chi connectivity index (χ1) is 43.6. The number of nitrogens with two attached hydrogens (primary N) is 1. The van der Waals surface area contributed by atoms with Crippen molar-refractivity contribution in [3.8, 4) is 11.5 Å². The van der Waals surface area contributed by atoms with Crippen LogP contribution in [0.5, 0.6) is 11.5 Å². The van der Waals surface area contributed by atoms with Crippen LogP contribution >= 0.6 is 0 Å². The van der Waals surface area contributed by atoms with Crippen molar-refractivity contribution in [2.45, 2.75) is 59.1 Å². The Bertz CT molecular complexity index is 4320. The molecule has 6 aromatic carbocycles. The second-order valence-electron chi connectivity index (χ2n) is 22.2. The average Bonchev–Trinajstić information content (AvgIpc) is 0.788. The lowest BCUT2D eigenvalue weighted by molar-refractivity contribution is -0.145. The number of Topliss-reactive ketones (excluding diaryl/α,β-unsaturated/α-hetero) is 1. The summed E-state index contributed by atoms with van der Waals surface area (Å²) >= 11 is 0. The number of aromatic nitrogens is 4. The maximum Gasteiger partial charge on any atom is 0.451 e. The van der Waals surface area contributed by atoms with E-state index in [1.165, 1.54) is 43.3 Å². The fourth-order valence-corrected chi connectivity index (χ4v) is 11.7. The van der Waals surface area contributed by atoms with E-state index in [0.29, 0.717) is 85.7 Å². The van der Waals surface area contributed by atoms with Crippen molar-refractivity contribution in [1.29, 1.82) is 0 Å². The number of hydrogen-bond donors (Lipinski definition) is 4. The second kappa shape index (κ2) is 28.4. The zero-order chi connectivity index (χ0) is 68.1. The number of halogens is 8. The number of anilines is 6. The maximum absolute atomic E-state index is 15.0. The Labute approximate surface area is 532 Å². The summed E-state index contributed by atoms with van der Waals surface area (Å²) in [7, 11) is -3.86. The number of alkyl halides is 6. The van der Waals surface area contributed by atoms with Crippen LogP contribution in [0.3, 0.4) is 0 Å². The van der Waals surface area contributed by atoms with Gasteiger partial charge in [0.25, 0.3) is 5.91 Å². The van der Waals surface area contributed by atoms with Crippen molar-refractivity contribution in [2.75, 3.05) is 108 Å². The fraction of sp³-hybridized carbons (Fsp3) is 0.333. The molecule has 0 unspecified atom stereocenters. The van der Waals surface area contributed by atoms with E-state index in [0.717, 1.165) is 41.8 Å². The smallest absolute Gasteiger partial charge is 0.451 e. The van der Waals surface area contributed by atoms with Crippen molar-refractivity contribution in [3.63, 3.8) is 0 Å². The Kier molecular flexibility index (Phi) is 21.3. The molecule has 0 radical (unpaired) electrons. The quantitative estimate of drug-likeness (QED) is 0.0550. The number of carbonyl (C=O) groups excluding carboxylic acids is 2. The van der Waals surface area contributed by atoms with E-state index in [2.05, 4.69) is 44.5 Å². The Balaban J connectivity index is 0.000000202. The summed E-state index contributed by atoms with van der Waals surface area (Å²) < 4.78 is 171. The molecule has 30 heteroatoms. The number of aryl methyl sites for hydroxylation is 2. The van der Waals surface area contributed by atoms with Gasteiger partial charge in [0, 0.05) is 91.4 Å². The van der Waals surface area contributed by atoms with Crippen molar-refractivity contribution >= 4 is 87.9 Å². The molecule has 0 saturated carbocycles. The molecular formula is C63H68F8N12O8S2. The van der Waals surface area contributed by atoms with Gasteiger partial charge < -0.3 is 40.1 Å². The van der Waals surface area contributed by atoms with Gasteiger partial charge in [-0.05, 0) is 131 Å². The number of benzene rings is 6. The van der Waals surface area contributed by atoms with Crippen LogP contribution in [-0.2, 0) is 32.4 Å². The Hall–Kier alpha value is -9.16. The predicted molar refractivity (Wildman–Crippen MR) is 342 cm³/mol. The summed E-state index contributed by atoms with van der Waals surface area (Å²) in [6.07, 6.45) is -7.49. The summed E-state index contributed by atoms with van der Waals surface area (Å²) in [6, 6.07) is 27.6. The van der Waals surface area contributed by atoms with Crippen LogP contribution < -0.4 is 49.6 Å². The molecule has 1 amide bonds. The van der Waals surface area contributed by atoms with E-state index in [1.54, 1.807) is 58.9 Å². The van der Waals surface area contributed by atoms with Crippen LogP contribution in [0.25, 0.3) is 21.8 Å². The number of ether oxygens (including phenoxy) is 2. The number of ketones is 1. The molecule has 0 spiro atoms. The van der Waals surface area contributed by atoms with Gasteiger partial charge in [-0.3, -0.25) is 19.0 Å². The standard InChI is InChI=1S/C31H32F4N6O4S.C22H21F3N4O2.C10H15FN2O2S/c1-18-15-21(23(32)17-25(18)39-46(4,43)44)19(2)36-29(42)20-9-10-24-22(16-20)28(38-30(37-24)31(33,34)35)41-13-11-40(12-14-41)26-7-5-6-8-27(26)45-3;1-14(30)15-7-8-17-16(13-15)20(27-21(26-17)22(23,24)25)29-11-9-28(10-12-29)18-5-3-4-6-19(18)31-2;1-6-4-8(7(2)12)9(11)5-10(6)13-16(3,14)15/h5-10,15-17,19,39H,11-14H2,1-4H3,(H,36,42);3-8,13H,9-12H2,1-2H3;4-5,7,13H,12H2,1-3H3/t19-;;7-/m1.1/s1. The van der Waals surface area contributed by atoms with E-state index in [9.17, 15) is 61.5 Å². The molecule has 2 aromatic heterocycles. The number of methoxy groups -OCH3 is 2. The van der Waals surface area contributed by atoms with Crippen molar-refractivity contribution in [1.82, 2.24) is 25.3 Å². The molecule has 5 N–H and O–H groups in total. The van der Waals surface area contributed by atoms with E-state index < -0.39 is 73.7 Å². The van der Waals surface area contributed by atoms with Gasteiger partial charge in [-0.15, -0.1) is 0 Å². The molecule has 2 fully saturated rings.